The van der Waals surface area contributed by atoms with Crippen molar-refractivity contribution in [2.24, 2.45) is 11.8 Å². The molecule has 0 fully saturated rings. The Labute approximate surface area is 431 Å². The maximum absolute atomic E-state index is 12.9. The lowest BCUT2D eigenvalue weighted by Crippen LogP contribution is -2.30. The molecule has 2 unspecified atom stereocenters. The molecule has 0 saturated heterocycles. The number of unbranched alkanes of at least 4 members (excludes halogenated alkanes) is 40. The van der Waals surface area contributed by atoms with Gasteiger partial charge in [-0.2, -0.15) is 0 Å². The Bertz CT molecular complexity index is 1060. The van der Waals surface area contributed by atoms with Crippen LogP contribution in [-0.2, 0) is 28.6 Å². The van der Waals surface area contributed by atoms with E-state index in [1.54, 1.807) is 0 Å². The maximum Gasteiger partial charge on any atom is 0.306 e. The molecule has 0 N–H and O–H groups in total. The summed E-state index contributed by atoms with van der Waals surface area (Å²) in [6.45, 7) is 11.5. The van der Waals surface area contributed by atoms with E-state index in [1.165, 1.54) is 244 Å². The summed E-state index contributed by atoms with van der Waals surface area (Å²) in [6.07, 6.45) is 60.9. The lowest BCUT2D eigenvalue weighted by Gasteiger charge is -2.18. The molecule has 0 saturated carbocycles. The summed E-state index contributed by atoms with van der Waals surface area (Å²) in [5.41, 5.74) is 0. The first kappa shape index (κ1) is 67.4. The fourth-order valence-corrected chi connectivity index (χ4v) is 9.69. The van der Waals surface area contributed by atoms with Crippen molar-refractivity contribution < 1.29 is 28.6 Å². The Hall–Kier alpha value is -1.59. The molecule has 3 atom stereocenters. The minimum absolute atomic E-state index is 0.0625. The van der Waals surface area contributed by atoms with Gasteiger partial charge in [0.25, 0.3) is 0 Å². The molecule has 0 aliphatic heterocycles. The van der Waals surface area contributed by atoms with Crippen molar-refractivity contribution in [2.75, 3.05) is 13.2 Å². The first-order valence-electron chi connectivity index (χ1n) is 31.3. The van der Waals surface area contributed by atoms with E-state index in [-0.39, 0.29) is 31.1 Å². The van der Waals surface area contributed by atoms with Crippen molar-refractivity contribution >= 4 is 17.9 Å². The molecule has 0 spiro atoms. The molecule has 69 heavy (non-hydrogen) atoms. The van der Waals surface area contributed by atoms with Crippen LogP contribution in [0.4, 0.5) is 0 Å². The number of carbonyl (C=O) groups excluding carboxylic acids is 3. The van der Waals surface area contributed by atoms with Gasteiger partial charge in [-0.05, 0) is 31.1 Å². The first-order chi connectivity index (χ1) is 33.8. The van der Waals surface area contributed by atoms with Crippen molar-refractivity contribution in [2.45, 2.75) is 362 Å². The average Bonchev–Trinajstić information content (AvgIpc) is 3.35. The zero-order chi connectivity index (χ0) is 50.4. The molecular formula is C63H122O6. The highest BCUT2D eigenvalue weighted by molar-refractivity contribution is 5.71. The molecule has 0 amide bonds. The van der Waals surface area contributed by atoms with Gasteiger partial charge in [0.05, 0.1) is 0 Å². The molecule has 0 rings (SSSR count). The maximum atomic E-state index is 12.9. The van der Waals surface area contributed by atoms with Crippen LogP contribution in [0.1, 0.15) is 356 Å². The summed E-state index contributed by atoms with van der Waals surface area (Å²) in [6, 6.07) is 0. The summed E-state index contributed by atoms with van der Waals surface area (Å²) >= 11 is 0. The zero-order valence-corrected chi connectivity index (χ0v) is 47.5. The number of hydrogen-bond acceptors (Lipinski definition) is 6. The van der Waals surface area contributed by atoms with Crippen LogP contribution in [0.3, 0.4) is 0 Å². The van der Waals surface area contributed by atoms with Gasteiger partial charge in [0.15, 0.2) is 6.10 Å². The van der Waals surface area contributed by atoms with Gasteiger partial charge in [-0.3, -0.25) is 14.4 Å². The third-order valence-electron chi connectivity index (χ3n) is 15.2. The topological polar surface area (TPSA) is 78.9 Å². The van der Waals surface area contributed by atoms with E-state index >= 15 is 0 Å². The second-order valence-electron chi connectivity index (χ2n) is 22.2. The van der Waals surface area contributed by atoms with Crippen molar-refractivity contribution in [1.82, 2.24) is 0 Å². The smallest absolute Gasteiger partial charge is 0.306 e. The molecule has 0 aliphatic carbocycles. The number of hydrogen-bond donors (Lipinski definition) is 0. The normalized spacial score (nSPS) is 12.8. The van der Waals surface area contributed by atoms with Crippen molar-refractivity contribution in [3.05, 3.63) is 0 Å². The fraction of sp³-hybridized carbons (Fsp3) is 0.952. The summed E-state index contributed by atoms with van der Waals surface area (Å²) in [5, 5.41) is 0. The van der Waals surface area contributed by atoms with Crippen LogP contribution in [0.2, 0.25) is 0 Å². The Balaban J connectivity index is 4.25. The van der Waals surface area contributed by atoms with E-state index < -0.39 is 6.10 Å². The molecule has 410 valence electrons. The van der Waals surface area contributed by atoms with Crippen molar-refractivity contribution in [3.63, 3.8) is 0 Å². The lowest BCUT2D eigenvalue weighted by atomic mass is 9.99. The molecule has 0 aliphatic rings. The highest BCUT2D eigenvalue weighted by Crippen LogP contribution is 2.19. The van der Waals surface area contributed by atoms with Crippen LogP contribution in [0.15, 0.2) is 0 Å². The molecule has 0 aromatic rings. The van der Waals surface area contributed by atoms with Gasteiger partial charge < -0.3 is 14.2 Å². The molecule has 6 heteroatoms. The predicted molar refractivity (Wildman–Crippen MR) is 298 cm³/mol. The number of ether oxygens (including phenoxy) is 3. The van der Waals surface area contributed by atoms with Gasteiger partial charge >= 0.3 is 17.9 Å². The minimum atomic E-state index is -0.764. The van der Waals surface area contributed by atoms with E-state index in [0.717, 1.165) is 69.6 Å². The predicted octanol–water partition coefficient (Wildman–Crippen LogP) is 20.8. The molecule has 0 radical (unpaired) electrons. The first-order valence-corrected chi connectivity index (χ1v) is 31.3. The van der Waals surface area contributed by atoms with Gasteiger partial charge in [0.1, 0.15) is 13.2 Å². The van der Waals surface area contributed by atoms with Crippen molar-refractivity contribution in [3.8, 4) is 0 Å². The Morgan fingerprint density at radius 3 is 0.754 bits per heavy atom. The van der Waals surface area contributed by atoms with Crippen LogP contribution in [-0.4, -0.2) is 37.2 Å². The Morgan fingerprint density at radius 2 is 0.507 bits per heavy atom. The fourth-order valence-electron chi connectivity index (χ4n) is 9.69. The van der Waals surface area contributed by atoms with E-state index in [2.05, 4.69) is 34.6 Å². The second-order valence-corrected chi connectivity index (χ2v) is 22.2. The third-order valence-corrected chi connectivity index (χ3v) is 15.2. The number of esters is 3. The van der Waals surface area contributed by atoms with E-state index in [0.29, 0.717) is 19.3 Å². The summed E-state index contributed by atoms with van der Waals surface area (Å²) < 4.78 is 16.9. The van der Waals surface area contributed by atoms with Gasteiger partial charge in [-0.15, -0.1) is 0 Å². The second kappa shape index (κ2) is 55.7. The Morgan fingerprint density at radius 1 is 0.290 bits per heavy atom. The summed E-state index contributed by atoms with van der Waals surface area (Å²) in [5.74, 6) is 0.921. The van der Waals surface area contributed by atoms with Crippen LogP contribution in [0, 0.1) is 11.8 Å². The average molecular weight is 976 g/mol. The number of carbonyl (C=O) groups is 3. The number of rotatable bonds is 57. The molecule has 0 aromatic heterocycles. The quantitative estimate of drug-likeness (QED) is 0.0343. The highest BCUT2D eigenvalue weighted by atomic mass is 16.6. The van der Waals surface area contributed by atoms with Crippen LogP contribution >= 0.6 is 0 Å². The van der Waals surface area contributed by atoms with Crippen LogP contribution in [0.25, 0.3) is 0 Å². The molecule has 0 heterocycles. The summed E-state index contributed by atoms with van der Waals surface area (Å²) in [4.78, 5) is 38.2. The Kier molecular flexibility index (Phi) is 54.4. The van der Waals surface area contributed by atoms with Crippen molar-refractivity contribution in [1.29, 1.82) is 0 Å². The van der Waals surface area contributed by atoms with E-state index in [9.17, 15) is 14.4 Å². The van der Waals surface area contributed by atoms with E-state index in [4.69, 9.17) is 14.2 Å². The minimum Gasteiger partial charge on any atom is -0.462 e. The standard InChI is InChI=1S/C63H122O6/c1-6-9-10-11-12-13-14-15-16-19-23-26-29-32-38-43-48-53-61(64)67-56-60(57-68-62(65)54-49-44-39-35-34-37-42-47-52-59(5)8-3)69-63(66)55-50-45-40-33-30-27-24-21-18-17-20-22-25-28-31-36-41-46-51-58(4)7-2/h58-60H,6-57H2,1-5H3/t58?,59?,60-/m1/s1. The van der Waals surface area contributed by atoms with Gasteiger partial charge in [-0.1, -0.05) is 317 Å². The molecule has 6 nitrogen and oxygen atoms in total. The zero-order valence-electron chi connectivity index (χ0n) is 47.5. The molecule has 0 aromatic carbocycles. The largest absolute Gasteiger partial charge is 0.462 e. The van der Waals surface area contributed by atoms with Crippen LogP contribution in [0.5, 0.6) is 0 Å². The third kappa shape index (κ3) is 54.0. The SMILES string of the molecule is CCCCCCCCCCCCCCCCCCCC(=O)OC[C@H](COC(=O)CCCCCCCCCCC(C)CC)OC(=O)CCCCCCCCCCCCCCCCCCCCC(C)CC. The van der Waals surface area contributed by atoms with Gasteiger partial charge in [0.2, 0.25) is 0 Å². The molecule has 0 bridgehead atoms. The monoisotopic (exact) mass is 975 g/mol. The van der Waals surface area contributed by atoms with Crippen LogP contribution < -0.4 is 0 Å². The summed E-state index contributed by atoms with van der Waals surface area (Å²) in [7, 11) is 0. The van der Waals surface area contributed by atoms with Gasteiger partial charge in [0, 0.05) is 19.3 Å². The lowest BCUT2D eigenvalue weighted by molar-refractivity contribution is -0.167. The van der Waals surface area contributed by atoms with Gasteiger partial charge in [-0.25, -0.2) is 0 Å². The van der Waals surface area contributed by atoms with E-state index in [1.807, 2.05) is 0 Å². The molecular weight excluding hydrogens is 853 g/mol. The highest BCUT2D eigenvalue weighted by Gasteiger charge is 2.19.